The molecule has 0 aliphatic heterocycles. The fourth-order valence-electron chi connectivity index (χ4n) is 2.40. The highest BCUT2D eigenvalue weighted by Crippen LogP contribution is 2.36. The Kier molecular flexibility index (Phi) is 4.59. The van der Waals surface area contributed by atoms with Gasteiger partial charge in [0.2, 0.25) is 5.91 Å². The topological polar surface area (TPSA) is 87.7 Å². The van der Waals surface area contributed by atoms with Gasteiger partial charge in [-0.1, -0.05) is 38.3 Å². The van der Waals surface area contributed by atoms with E-state index in [1.807, 2.05) is 13.8 Å². The monoisotopic (exact) mass is 255 g/mol. The van der Waals surface area contributed by atoms with E-state index in [2.05, 4.69) is 10.5 Å². The van der Waals surface area contributed by atoms with Gasteiger partial charge in [0.25, 0.3) is 0 Å². The molecule has 1 atom stereocenters. The zero-order chi connectivity index (χ0) is 13.8. The first-order valence-electron chi connectivity index (χ1n) is 6.68. The summed E-state index contributed by atoms with van der Waals surface area (Å²) in [6.45, 7) is 5.69. The van der Waals surface area contributed by atoms with Crippen molar-refractivity contribution in [3.8, 4) is 0 Å². The van der Waals surface area contributed by atoms with E-state index >= 15 is 0 Å². The van der Waals surface area contributed by atoms with E-state index in [0.29, 0.717) is 6.42 Å². The molecule has 0 heterocycles. The van der Waals surface area contributed by atoms with Crippen molar-refractivity contribution in [2.24, 2.45) is 16.3 Å². The molecule has 0 aromatic rings. The molecule has 0 radical (unpaired) electrons. The van der Waals surface area contributed by atoms with Gasteiger partial charge in [-0.15, -0.1) is 0 Å². The van der Waals surface area contributed by atoms with Crippen LogP contribution in [0.15, 0.2) is 5.16 Å². The Hall–Kier alpha value is -1.26. The third kappa shape index (κ3) is 2.94. The smallest absolute Gasteiger partial charge is 0.226 e. The predicted octanol–water partition coefficient (Wildman–Crippen LogP) is 1.99. The summed E-state index contributed by atoms with van der Waals surface area (Å²) < 4.78 is 0. The van der Waals surface area contributed by atoms with Crippen molar-refractivity contribution >= 4 is 11.7 Å². The summed E-state index contributed by atoms with van der Waals surface area (Å²) >= 11 is 0. The normalized spacial score (nSPS) is 23.2. The summed E-state index contributed by atoms with van der Waals surface area (Å²) in [5.74, 6) is 0.0657. The van der Waals surface area contributed by atoms with E-state index in [1.165, 1.54) is 6.42 Å². The van der Waals surface area contributed by atoms with Crippen molar-refractivity contribution in [2.45, 2.75) is 64.8 Å². The number of rotatable bonds is 4. The molecule has 0 spiro atoms. The summed E-state index contributed by atoms with van der Waals surface area (Å²) in [6, 6.07) is 0. The number of amides is 1. The number of carbonyl (C=O) groups excluding carboxylic acids is 1. The molecule has 5 heteroatoms. The van der Waals surface area contributed by atoms with Crippen LogP contribution in [-0.4, -0.2) is 22.5 Å². The molecule has 1 aliphatic rings. The lowest BCUT2D eigenvalue weighted by atomic mass is 9.74. The zero-order valence-corrected chi connectivity index (χ0v) is 11.6. The van der Waals surface area contributed by atoms with Crippen LogP contribution in [0.4, 0.5) is 0 Å². The third-order valence-electron chi connectivity index (χ3n) is 4.27. The molecule has 18 heavy (non-hydrogen) atoms. The van der Waals surface area contributed by atoms with E-state index in [9.17, 15) is 4.79 Å². The molecule has 1 rings (SSSR count). The maximum Gasteiger partial charge on any atom is 0.226 e. The number of amidine groups is 1. The van der Waals surface area contributed by atoms with Gasteiger partial charge < -0.3 is 16.3 Å². The van der Waals surface area contributed by atoms with Crippen LogP contribution in [-0.2, 0) is 4.79 Å². The Morgan fingerprint density at radius 3 is 2.44 bits per heavy atom. The van der Waals surface area contributed by atoms with Crippen molar-refractivity contribution in [3.05, 3.63) is 0 Å². The SMILES string of the molecule is CCC(C)(NC(=O)C1(C)CCCCC1)C(N)=NO. The fraction of sp³-hybridized carbons (Fsp3) is 0.846. The van der Waals surface area contributed by atoms with Crippen LogP contribution >= 0.6 is 0 Å². The van der Waals surface area contributed by atoms with Gasteiger partial charge in [0.05, 0.1) is 5.54 Å². The largest absolute Gasteiger partial charge is 0.409 e. The average Bonchev–Trinajstić information content (AvgIpc) is 2.38. The van der Waals surface area contributed by atoms with Gasteiger partial charge in [0.1, 0.15) is 0 Å². The number of carbonyl (C=O) groups is 1. The van der Waals surface area contributed by atoms with Crippen LogP contribution in [0.3, 0.4) is 0 Å². The van der Waals surface area contributed by atoms with Crippen LogP contribution in [0.25, 0.3) is 0 Å². The highest BCUT2D eigenvalue weighted by atomic mass is 16.4. The number of oxime groups is 1. The Labute approximate surface area is 109 Å². The minimum absolute atomic E-state index is 0.0122. The van der Waals surface area contributed by atoms with Crippen molar-refractivity contribution in [2.75, 3.05) is 0 Å². The van der Waals surface area contributed by atoms with Crippen LogP contribution in [0.1, 0.15) is 59.3 Å². The Balaban J connectivity index is 2.79. The molecule has 0 aromatic heterocycles. The molecule has 1 saturated carbocycles. The zero-order valence-electron chi connectivity index (χ0n) is 11.6. The summed E-state index contributed by atoms with van der Waals surface area (Å²) in [5, 5.41) is 14.8. The first-order valence-corrected chi connectivity index (χ1v) is 6.68. The number of nitrogens with two attached hydrogens (primary N) is 1. The van der Waals surface area contributed by atoms with Gasteiger partial charge in [0.15, 0.2) is 5.84 Å². The van der Waals surface area contributed by atoms with E-state index in [0.717, 1.165) is 25.7 Å². The van der Waals surface area contributed by atoms with Crippen molar-refractivity contribution < 1.29 is 10.0 Å². The van der Waals surface area contributed by atoms with Crippen LogP contribution < -0.4 is 11.1 Å². The third-order valence-corrected chi connectivity index (χ3v) is 4.27. The Morgan fingerprint density at radius 2 is 2.00 bits per heavy atom. The number of hydrogen-bond donors (Lipinski definition) is 3. The lowest BCUT2D eigenvalue weighted by Crippen LogP contribution is -2.58. The maximum absolute atomic E-state index is 12.4. The minimum atomic E-state index is -0.772. The quantitative estimate of drug-likeness (QED) is 0.311. The van der Waals surface area contributed by atoms with Gasteiger partial charge in [-0.25, -0.2) is 0 Å². The van der Waals surface area contributed by atoms with Gasteiger partial charge in [-0.2, -0.15) is 0 Å². The molecule has 1 unspecified atom stereocenters. The van der Waals surface area contributed by atoms with Gasteiger partial charge in [-0.3, -0.25) is 4.79 Å². The average molecular weight is 255 g/mol. The maximum atomic E-state index is 12.4. The first-order chi connectivity index (χ1) is 8.38. The van der Waals surface area contributed by atoms with Crippen LogP contribution in [0.5, 0.6) is 0 Å². The van der Waals surface area contributed by atoms with Crippen LogP contribution in [0, 0.1) is 5.41 Å². The van der Waals surface area contributed by atoms with Crippen molar-refractivity contribution in [1.82, 2.24) is 5.32 Å². The fourth-order valence-corrected chi connectivity index (χ4v) is 2.40. The molecule has 0 aromatic carbocycles. The summed E-state index contributed by atoms with van der Waals surface area (Å²) in [5.41, 5.74) is 4.58. The second kappa shape index (κ2) is 5.59. The van der Waals surface area contributed by atoms with E-state index in [1.54, 1.807) is 6.92 Å². The van der Waals surface area contributed by atoms with E-state index < -0.39 is 5.54 Å². The highest BCUT2D eigenvalue weighted by Gasteiger charge is 2.39. The van der Waals surface area contributed by atoms with Gasteiger partial charge in [-0.05, 0) is 26.2 Å². The number of nitrogens with one attached hydrogen (secondary N) is 1. The molecule has 5 nitrogen and oxygen atoms in total. The Morgan fingerprint density at radius 1 is 1.44 bits per heavy atom. The molecule has 0 saturated heterocycles. The highest BCUT2D eigenvalue weighted by molar-refractivity contribution is 5.94. The summed E-state index contributed by atoms with van der Waals surface area (Å²) in [7, 11) is 0. The molecule has 4 N–H and O–H groups in total. The Bertz CT molecular complexity index is 335. The van der Waals surface area contributed by atoms with Gasteiger partial charge in [0, 0.05) is 5.41 Å². The summed E-state index contributed by atoms with van der Waals surface area (Å²) in [4.78, 5) is 12.4. The lowest BCUT2D eigenvalue weighted by molar-refractivity contribution is -0.133. The first kappa shape index (κ1) is 14.8. The molecule has 1 aliphatic carbocycles. The molecular formula is C13H25N3O2. The predicted molar refractivity (Wildman–Crippen MR) is 71.4 cm³/mol. The molecule has 1 fully saturated rings. The van der Waals surface area contributed by atoms with Crippen LogP contribution in [0.2, 0.25) is 0 Å². The molecular weight excluding hydrogens is 230 g/mol. The van der Waals surface area contributed by atoms with Crippen molar-refractivity contribution in [3.63, 3.8) is 0 Å². The minimum Gasteiger partial charge on any atom is -0.409 e. The molecule has 0 bridgehead atoms. The van der Waals surface area contributed by atoms with E-state index in [4.69, 9.17) is 10.9 Å². The molecule has 1 amide bonds. The van der Waals surface area contributed by atoms with E-state index in [-0.39, 0.29) is 17.2 Å². The van der Waals surface area contributed by atoms with Crippen molar-refractivity contribution in [1.29, 1.82) is 0 Å². The molecule has 104 valence electrons. The second-order valence-electron chi connectivity index (χ2n) is 5.75. The van der Waals surface area contributed by atoms with Gasteiger partial charge >= 0.3 is 0 Å². The number of hydrogen-bond acceptors (Lipinski definition) is 3. The second-order valence-corrected chi connectivity index (χ2v) is 5.75. The standard InChI is InChI=1S/C13H25N3O2/c1-4-13(3,10(14)16-18)15-11(17)12(2)8-6-5-7-9-12/h18H,4-9H2,1-3H3,(H2,14,16)(H,15,17). The lowest BCUT2D eigenvalue weighted by Gasteiger charge is -2.37. The number of nitrogens with zero attached hydrogens (tertiary/aromatic N) is 1. The summed E-state index contributed by atoms with van der Waals surface area (Å²) in [6.07, 6.45) is 5.80.